The first-order valence-corrected chi connectivity index (χ1v) is 13.6. The van der Waals surface area contributed by atoms with Crippen molar-refractivity contribution in [3.05, 3.63) is 65.9 Å². The molecule has 2 aliphatic heterocycles. The van der Waals surface area contributed by atoms with Crippen molar-refractivity contribution in [3.63, 3.8) is 0 Å². The molecule has 34 heavy (non-hydrogen) atoms. The first-order chi connectivity index (χ1) is 16.5. The molecule has 0 bridgehead atoms. The van der Waals surface area contributed by atoms with Gasteiger partial charge in [-0.2, -0.15) is 0 Å². The minimum atomic E-state index is 0.457. The molecule has 3 heterocycles. The standard InChI is InChI=1S/C29H41N3.C2H6/c1-6-8-23(9-7-2)29-28(21(3)4)26-20-24(10-11-27(26)30-29)22-12-18-32(19-13-22)25-14-16-31(5)17-15-25;1-2/h6-11,20-22,25,30H,1,12-19H2,2-5H3;1-2H3/b9-7-,23-8+;. The van der Waals surface area contributed by atoms with E-state index >= 15 is 0 Å². The number of allylic oxidation sites excluding steroid dienone is 5. The maximum Gasteiger partial charge on any atom is 0.0499 e. The minimum absolute atomic E-state index is 0.457. The molecular formula is C31H47N3. The second-order valence-electron chi connectivity index (χ2n) is 10.1. The number of aromatic nitrogens is 1. The van der Waals surface area contributed by atoms with Gasteiger partial charge in [0.05, 0.1) is 0 Å². The molecule has 0 radical (unpaired) electrons. The molecule has 0 spiro atoms. The number of benzene rings is 1. The van der Waals surface area contributed by atoms with Crippen molar-refractivity contribution >= 4 is 16.5 Å². The summed E-state index contributed by atoms with van der Waals surface area (Å²) in [6.07, 6.45) is 13.5. The summed E-state index contributed by atoms with van der Waals surface area (Å²) >= 11 is 0. The van der Waals surface area contributed by atoms with Gasteiger partial charge in [-0.3, -0.25) is 0 Å². The van der Waals surface area contributed by atoms with E-state index < -0.39 is 0 Å². The number of H-pyrrole nitrogens is 1. The van der Waals surface area contributed by atoms with Crippen LogP contribution >= 0.6 is 0 Å². The van der Waals surface area contributed by atoms with Gasteiger partial charge in [-0.25, -0.2) is 0 Å². The Balaban J connectivity index is 0.00000158. The molecule has 2 aromatic rings. The summed E-state index contributed by atoms with van der Waals surface area (Å²) in [5, 5.41) is 1.39. The Labute approximate surface area is 208 Å². The topological polar surface area (TPSA) is 22.3 Å². The summed E-state index contributed by atoms with van der Waals surface area (Å²) in [5.74, 6) is 1.14. The van der Waals surface area contributed by atoms with Crippen molar-refractivity contribution in [2.24, 2.45) is 0 Å². The molecule has 1 N–H and O–H groups in total. The first kappa shape index (κ1) is 26.5. The third-order valence-corrected chi connectivity index (χ3v) is 7.58. The van der Waals surface area contributed by atoms with Crippen LogP contribution in [0.2, 0.25) is 0 Å². The summed E-state index contributed by atoms with van der Waals surface area (Å²) in [6, 6.07) is 7.97. The first-order valence-electron chi connectivity index (χ1n) is 13.6. The largest absolute Gasteiger partial charge is 0.354 e. The summed E-state index contributed by atoms with van der Waals surface area (Å²) in [4.78, 5) is 8.97. The van der Waals surface area contributed by atoms with Crippen molar-refractivity contribution in [3.8, 4) is 0 Å². The van der Waals surface area contributed by atoms with Crippen LogP contribution in [0.4, 0.5) is 0 Å². The number of nitrogens with zero attached hydrogens (tertiary/aromatic N) is 2. The number of hydrogen-bond donors (Lipinski definition) is 1. The molecule has 2 fully saturated rings. The van der Waals surface area contributed by atoms with Crippen LogP contribution in [-0.4, -0.2) is 54.1 Å². The van der Waals surface area contributed by atoms with Crippen LogP contribution in [0.3, 0.4) is 0 Å². The summed E-state index contributed by atoms with van der Waals surface area (Å²) in [5.41, 5.74) is 6.64. The third-order valence-electron chi connectivity index (χ3n) is 7.58. The van der Waals surface area contributed by atoms with Crippen LogP contribution in [0.5, 0.6) is 0 Å². The van der Waals surface area contributed by atoms with Crippen molar-refractivity contribution in [2.45, 2.75) is 78.2 Å². The summed E-state index contributed by atoms with van der Waals surface area (Å²) < 4.78 is 0. The Bertz CT molecular complexity index is 978. The summed E-state index contributed by atoms with van der Waals surface area (Å²) in [7, 11) is 2.26. The Morgan fingerprint density at radius 1 is 1.06 bits per heavy atom. The number of likely N-dealkylation sites (tertiary alicyclic amines) is 2. The van der Waals surface area contributed by atoms with E-state index in [0.717, 1.165) is 6.04 Å². The molecule has 0 aliphatic carbocycles. The predicted molar refractivity (Wildman–Crippen MR) is 151 cm³/mol. The van der Waals surface area contributed by atoms with Crippen LogP contribution in [0.25, 0.3) is 16.5 Å². The van der Waals surface area contributed by atoms with E-state index in [2.05, 4.69) is 85.6 Å². The molecule has 186 valence electrons. The molecule has 1 aromatic carbocycles. The molecule has 0 unspecified atom stereocenters. The lowest BCUT2D eigenvalue weighted by Crippen LogP contribution is -2.46. The quantitative estimate of drug-likeness (QED) is 0.444. The van der Waals surface area contributed by atoms with Gasteiger partial charge in [0, 0.05) is 22.6 Å². The van der Waals surface area contributed by atoms with Gasteiger partial charge in [0.15, 0.2) is 0 Å². The molecule has 0 atom stereocenters. The Hall–Kier alpha value is -2.10. The summed E-state index contributed by atoms with van der Waals surface area (Å²) in [6.45, 7) is 19.6. The van der Waals surface area contributed by atoms with Gasteiger partial charge in [-0.1, -0.05) is 64.6 Å². The smallest absolute Gasteiger partial charge is 0.0499 e. The second-order valence-corrected chi connectivity index (χ2v) is 10.1. The van der Waals surface area contributed by atoms with Crippen molar-refractivity contribution in [1.29, 1.82) is 0 Å². The highest BCUT2D eigenvalue weighted by atomic mass is 15.2. The molecule has 0 saturated carbocycles. The lowest BCUT2D eigenvalue weighted by Gasteiger charge is -2.41. The average molecular weight is 462 g/mol. The zero-order valence-electron chi connectivity index (χ0n) is 22.5. The highest BCUT2D eigenvalue weighted by Crippen LogP contribution is 2.37. The zero-order valence-corrected chi connectivity index (χ0v) is 22.5. The van der Waals surface area contributed by atoms with Crippen molar-refractivity contribution < 1.29 is 0 Å². The van der Waals surface area contributed by atoms with E-state index in [-0.39, 0.29) is 0 Å². The number of rotatable bonds is 6. The fourth-order valence-corrected chi connectivity index (χ4v) is 5.80. The SMILES string of the molecule is C=C/C=C(\C=C/C)c1[nH]c2ccc(C3CCN(C4CCN(C)CC4)CC3)cc2c1C(C)C.CC. The average Bonchev–Trinajstić information content (AvgIpc) is 3.25. The van der Waals surface area contributed by atoms with Gasteiger partial charge < -0.3 is 14.8 Å². The molecule has 4 rings (SSSR count). The number of piperidine rings is 2. The van der Waals surface area contributed by atoms with E-state index in [9.17, 15) is 0 Å². The highest BCUT2D eigenvalue weighted by molar-refractivity contribution is 5.92. The van der Waals surface area contributed by atoms with Crippen molar-refractivity contribution in [2.75, 3.05) is 33.2 Å². The monoisotopic (exact) mass is 461 g/mol. The number of aromatic amines is 1. The highest BCUT2D eigenvalue weighted by Gasteiger charge is 2.28. The molecule has 2 saturated heterocycles. The van der Waals surface area contributed by atoms with Gasteiger partial charge in [0.2, 0.25) is 0 Å². The van der Waals surface area contributed by atoms with Gasteiger partial charge >= 0.3 is 0 Å². The molecular weight excluding hydrogens is 414 g/mol. The second kappa shape index (κ2) is 12.6. The number of nitrogens with one attached hydrogen (secondary N) is 1. The molecule has 3 nitrogen and oxygen atoms in total. The van der Waals surface area contributed by atoms with Gasteiger partial charge in [0.25, 0.3) is 0 Å². The van der Waals surface area contributed by atoms with E-state index in [1.165, 1.54) is 85.2 Å². The van der Waals surface area contributed by atoms with E-state index in [4.69, 9.17) is 0 Å². The predicted octanol–water partition coefficient (Wildman–Crippen LogP) is 7.74. The van der Waals surface area contributed by atoms with Crippen molar-refractivity contribution in [1.82, 2.24) is 14.8 Å². The van der Waals surface area contributed by atoms with E-state index in [0.29, 0.717) is 11.8 Å². The van der Waals surface area contributed by atoms with Gasteiger partial charge in [-0.15, -0.1) is 0 Å². The van der Waals surface area contributed by atoms with E-state index in [1.807, 2.05) is 19.9 Å². The maximum absolute atomic E-state index is 3.92. The van der Waals surface area contributed by atoms with Gasteiger partial charge in [0.1, 0.15) is 0 Å². The zero-order chi connectivity index (χ0) is 24.7. The number of fused-ring (bicyclic) bond motifs is 1. The van der Waals surface area contributed by atoms with Crippen LogP contribution in [0.15, 0.2) is 49.1 Å². The fourth-order valence-electron chi connectivity index (χ4n) is 5.80. The Kier molecular flexibility index (Phi) is 9.79. The molecule has 1 aromatic heterocycles. The lowest BCUT2D eigenvalue weighted by atomic mass is 9.86. The maximum atomic E-state index is 3.92. The molecule has 0 amide bonds. The van der Waals surface area contributed by atoms with Crippen LogP contribution in [0.1, 0.15) is 89.0 Å². The van der Waals surface area contributed by atoms with Gasteiger partial charge in [-0.05, 0) is 107 Å². The normalized spacial score (nSPS) is 19.7. The van der Waals surface area contributed by atoms with Crippen LogP contribution in [0, 0.1) is 0 Å². The van der Waals surface area contributed by atoms with E-state index in [1.54, 1.807) is 0 Å². The van der Waals surface area contributed by atoms with Crippen LogP contribution < -0.4 is 0 Å². The number of hydrogen-bond acceptors (Lipinski definition) is 2. The minimum Gasteiger partial charge on any atom is -0.354 e. The fraction of sp³-hybridized carbons (Fsp3) is 0.548. The Morgan fingerprint density at radius 3 is 2.32 bits per heavy atom. The Morgan fingerprint density at radius 2 is 1.74 bits per heavy atom. The lowest BCUT2D eigenvalue weighted by molar-refractivity contribution is 0.0966. The molecule has 2 aliphatic rings. The molecule has 3 heteroatoms. The third kappa shape index (κ3) is 5.93. The van der Waals surface area contributed by atoms with Crippen LogP contribution in [-0.2, 0) is 0 Å².